The molecule has 0 aromatic carbocycles. The number of carboxylic acid groups (broad SMARTS) is 1. The molecule has 2 aliphatic rings. The Labute approximate surface area is 108 Å². The molecule has 5 heteroatoms. The SMILES string of the molecule is O=C(O)CC1CCCN(C(=O)C2CCCNC2)C1. The van der Waals surface area contributed by atoms with Gasteiger partial charge in [-0.2, -0.15) is 0 Å². The summed E-state index contributed by atoms with van der Waals surface area (Å²) in [7, 11) is 0. The minimum atomic E-state index is -0.756. The van der Waals surface area contributed by atoms with Crippen LogP contribution in [-0.4, -0.2) is 48.1 Å². The summed E-state index contributed by atoms with van der Waals surface area (Å²) in [5.74, 6) is -0.301. The minimum Gasteiger partial charge on any atom is -0.481 e. The molecular weight excluding hydrogens is 232 g/mol. The summed E-state index contributed by atoms with van der Waals surface area (Å²) in [5.41, 5.74) is 0. The zero-order valence-electron chi connectivity index (χ0n) is 10.7. The van der Waals surface area contributed by atoms with Crippen molar-refractivity contribution in [3.63, 3.8) is 0 Å². The van der Waals surface area contributed by atoms with Crippen molar-refractivity contribution >= 4 is 11.9 Å². The number of amides is 1. The number of piperidine rings is 2. The lowest BCUT2D eigenvalue weighted by Gasteiger charge is -2.35. The molecule has 18 heavy (non-hydrogen) atoms. The summed E-state index contributed by atoms with van der Waals surface area (Å²) < 4.78 is 0. The number of aliphatic carboxylic acids is 1. The van der Waals surface area contributed by atoms with Gasteiger partial charge in [0.15, 0.2) is 0 Å². The lowest BCUT2D eigenvalue weighted by atomic mass is 9.92. The van der Waals surface area contributed by atoms with Crippen LogP contribution in [0.5, 0.6) is 0 Å². The van der Waals surface area contributed by atoms with E-state index in [1.54, 1.807) is 0 Å². The Morgan fingerprint density at radius 3 is 2.78 bits per heavy atom. The molecule has 0 aliphatic carbocycles. The maximum Gasteiger partial charge on any atom is 0.303 e. The van der Waals surface area contributed by atoms with E-state index in [-0.39, 0.29) is 24.2 Å². The van der Waals surface area contributed by atoms with Crippen LogP contribution >= 0.6 is 0 Å². The first kappa shape index (κ1) is 13.3. The number of carbonyl (C=O) groups is 2. The monoisotopic (exact) mass is 254 g/mol. The Hall–Kier alpha value is -1.10. The van der Waals surface area contributed by atoms with Gasteiger partial charge in [0.25, 0.3) is 0 Å². The minimum absolute atomic E-state index is 0.0994. The molecule has 2 saturated heterocycles. The van der Waals surface area contributed by atoms with Gasteiger partial charge in [-0.3, -0.25) is 9.59 Å². The largest absolute Gasteiger partial charge is 0.481 e. The summed E-state index contributed by atoms with van der Waals surface area (Å²) in [6, 6.07) is 0. The molecular formula is C13H22N2O3. The molecule has 0 saturated carbocycles. The molecule has 5 nitrogen and oxygen atoms in total. The Balaban J connectivity index is 1.87. The van der Waals surface area contributed by atoms with Crippen LogP contribution in [0.4, 0.5) is 0 Å². The third kappa shape index (κ3) is 3.45. The highest BCUT2D eigenvalue weighted by Gasteiger charge is 2.30. The lowest BCUT2D eigenvalue weighted by Crippen LogP contribution is -2.47. The van der Waals surface area contributed by atoms with Crippen LogP contribution in [-0.2, 0) is 9.59 Å². The number of hydrogen-bond acceptors (Lipinski definition) is 3. The van der Waals surface area contributed by atoms with Gasteiger partial charge < -0.3 is 15.3 Å². The number of carboxylic acids is 1. The van der Waals surface area contributed by atoms with E-state index in [4.69, 9.17) is 5.11 Å². The van der Waals surface area contributed by atoms with E-state index >= 15 is 0 Å². The maximum atomic E-state index is 12.3. The van der Waals surface area contributed by atoms with E-state index < -0.39 is 5.97 Å². The molecule has 0 bridgehead atoms. The highest BCUT2D eigenvalue weighted by molar-refractivity contribution is 5.79. The number of hydrogen-bond donors (Lipinski definition) is 2. The topological polar surface area (TPSA) is 69.6 Å². The molecule has 2 rings (SSSR count). The zero-order chi connectivity index (χ0) is 13.0. The van der Waals surface area contributed by atoms with Crippen LogP contribution < -0.4 is 5.32 Å². The normalized spacial score (nSPS) is 29.0. The molecule has 2 atom stereocenters. The summed E-state index contributed by atoms with van der Waals surface area (Å²) in [6.07, 6.45) is 4.07. The van der Waals surface area contributed by atoms with Gasteiger partial charge in [0, 0.05) is 26.1 Å². The number of nitrogens with one attached hydrogen (secondary N) is 1. The molecule has 2 unspecified atom stereocenters. The van der Waals surface area contributed by atoms with Gasteiger partial charge >= 0.3 is 5.97 Å². The second-order valence-electron chi connectivity index (χ2n) is 5.43. The van der Waals surface area contributed by atoms with Gasteiger partial charge in [0.1, 0.15) is 0 Å². The van der Waals surface area contributed by atoms with Gasteiger partial charge in [0.05, 0.1) is 5.92 Å². The highest BCUT2D eigenvalue weighted by Crippen LogP contribution is 2.22. The van der Waals surface area contributed by atoms with E-state index in [2.05, 4.69) is 5.32 Å². The number of rotatable bonds is 3. The second kappa shape index (κ2) is 6.18. The van der Waals surface area contributed by atoms with Crippen LogP contribution in [0.25, 0.3) is 0 Å². The average Bonchev–Trinajstić information content (AvgIpc) is 2.38. The smallest absolute Gasteiger partial charge is 0.303 e. The first-order valence-corrected chi connectivity index (χ1v) is 6.88. The van der Waals surface area contributed by atoms with Crippen molar-refractivity contribution in [1.29, 1.82) is 0 Å². The zero-order valence-corrected chi connectivity index (χ0v) is 10.7. The van der Waals surface area contributed by atoms with Crippen molar-refractivity contribution in [2.75, 3.05) is 26.2 Å². The van der Waals surface area contributed by atoms with Crippen LogP contribution in [0, 0.1) is 11.8 Å². The predicted molar refractivity (Wildman–Crippen MR) is 67.2 cm³/mol. The summed E-state index contributed by atoms with van der Waals surface area (Å²) in [5, 5.41) is 12.1. The Morgan fingerprint density at radius 2 is 2.11 bits per heavy atom. The van der Waals surface area contributed by atoms with E-state index in [0.717, 1.165) is 45.3 Å². The first-order valence-electron chi connectivity index (χ1n) is 6.88. The molecule has 0 radical (unpaired) electrons. The van der Waals surface area contributed by atoms with E-state index in [1.807, 2.05) is 4.90 Å². The van der Waals surface area contributed by atoms with Crippen LogP contribution in [0.1, 0.15) is 32.1 Å². The standard InChI is InChI=1S/C13H22N2O3/c16-12(17)7-10-3-2-6-15(9-10)13(18)11-4-1-5-14-8-11/h10-11,14H,1-9H2,(H,16,17). The first-order chi connectivity index (χ1) is 8.66. The lowest BCUT2D eigenvalue weighted by molar-refractivity contribution is -0.142. The van der Waals surface area contributed by atoms with Crippen molar-refractivity contribution < 1.29 is 14.7 Å². The fourth-order valence-corrected chi connectivity index (χ4v) is 3.00. The Morgan fingerprint density at radius 1 is 1.28 bits per heavy atom. The van der Waals surface area contributed by atoms with Gasteiger partial charge in [-0.15, -0.1) is 0 Å². The highest BCUT2D eigenvalue weighted by atomic mass is 16.4. The van der Waals surface area contributed by atoms with E-state index in [9.17, 15) is 9.59 Å². The fraction of sp³-hybridized carbons (Fsp3) is 0.846. The quantitative estimate of drug-likeness (QED) is 0.778. The number of carbonyl (C=O) groups excluding carboxylic acids is 1. The number of likely N-dealkylation sites (tertiary alicyclic amines) is 1. The van der Waals surface area contributed by atoms with Crippen LogP contribution in [0.15, 0.2) is 0 Å². The molecule has 0 aromatic rings. The predicted octanol–water partition coefficient (Wildman–Crippen LogP) is 0.699. The Kier molecular flexibility index (Phi) is 4.58. The average molecular weight is 254 g/mol. The van der Waals surface area contributed by atoms with Crippen LogP contribution in [0.3, 0.4) is 0 Å². The van der Waals surface area contributed by atoms with Crippen molar-refractivity contribution in [1.82, 2.24) is 10.2 Å². The molecule has 0 spiro atoms. The molecule has 2 aliphatic heterocycles. The van der Waals surface area contributed by atoms with Crippen molar-refractivity contribution in [3.8, 4) is 0 Å². The molecule has 2 N–H and O–H groups in total. The summed E-state index contributed by atoms with van der Waals surface area (Å²) >= 11 is 0. The molecule has 0 aromatic heterocycles. The van der Waals surface area contributed by atoms with Gasteiger partial charge in [-0.05, 0) is 38.1 Å². The van der Waals surface area contributed by atoms with Crippen LogP contribution in [0.2, 0.25) is 0 Å². The second-order valence-corrected chi connectivity index (χ2v) is 5.43. The summed E-state index contributed by atoms with van der Waals surface area (Å²) in [6.45, 7) is 3.21. The third-order valence-electron chi connectivity index (χ3n) is 3.94. The van der Waals surface area contributed by atoms with Gasteiger partial charge in [0.2, 0.25) is 5.91 Å². The third-order valence-corrected chi connectivity index (χ3v) is 3.94. The molecule has 2 fully saturated rings. The van der Waals surface area contributed by atoms with Gasteiger partial charge in [-0.25, -0.2) is 0 Å². The van der Waals surface area contributed by atoms with Crippen molar-refractivity contribution in [3.05, 3.63) is 0 Å². The van der Waals surface area contributed by atoms with Crippen molar-refractivity contribution in [2.45, 2.75) is 32.1 Å². The van der Waals surface area contributed by atoms with Crippen molar-refractivity contribution in [2.24, 2.45) is 11.8 Å². The van der Waals surface area contributed by atoms with Gasteiger partial charge in [-0.1, -0.05) is 0 Å². The molecule has 1 amide bonds. The van der Waals surface area contributed by atoms with E-state index in [1.165, 1.54) is 0 Å². The van der Waals surface area contributed by atoms with E-state index in [0.29, 0.717) is 6.54 Å². The number of nitrogens with zero attached hydrogens (tertiary/aromatic N) is 1. The maximum absolute atomic E-state index is 12.3. The molecule has 102 valence electrons. The Bertz CT molecular complexity index is 313. The molecule has 2 heterocycles. The fourth-order valence-electron chi connectivity index (χ4n) is 3.00. The summed E-state index contributed by atoms with van der Waals surface area (Å²) in [4.78, 5) is 24.9.